The van der Waals surface area contributed by atoms with Crippen LogP contribution in [0.15, 0.2) is 0 Å². The molecule has 2 heteroatoms. The SMILES string of the molecule is CCCC(=O)CCCCC=O. The summed E-state index contributed by atoms with van der Waals surface area (Å²) in [5, 5.41) is 0. The molecule has 0 heterocycles. The summed E-state index contributed by atoms with van der Waals surface area (Å²) >= 11 is 0. The van der Waals surface area contributed by atoms with E-state index < -0.39 is 0 Å². The molecule has 0 aliphatic carbocycles. The van der Waals surface area contributed by atoms with E-state index in [0.717, 1.165) is 25.5 Å². The van der Waals surface area contributed by atoms with E-state index in [-0.39, 0.29) is 0 Å². The van der Waals surface area contributed by atoms with Crippen LogP contribution in [0.5, 0.6) is 0 Å². The molecule has 0 fully saturated rings. The second kappa shape index (κ2) is 7.45. The topological polar surface area (TPSA) is 34.1 Å². The van der Waals surface area contributed by atoms with Crippen molar-refractivity contribution in [3.63, 3.8) is 0 Å². The number of unbranched alkanes of at least 4 members (excludes halogenated alkanes) is 2. The molecule has 0 aromatic carbocycles. The molecule has 0 aliphatic rings. The summed E-state index contributed by atoms with van der Waals surface area (Å²) in [7, 11) is 0. The molecule has 11 heavy (non-hydrogen) atoms. The summed E-state index contributed by atoms with van der Waals surface area (Å²) in [5.74, 6) is 0.332. The van der Waals surface area contributed by atoms with Gasteiger partial charge in [0, 0.05) is 19.3 Å². The molecule has 0 aliphatic heterocycles. The van der Waals surface area contributed by atoms with Crippen LogP contribution in [0.3, 0.4) is 0 Å². The van der Waals surface area contributed by atoms with Crippen molar-refractivity contribution in [2.24, 2.45) is 0 Å². The summed E-state index contributed by atoms with van der Waals surface area (Å²) in [6.45, 7) is 2.00. The fourth-order valence-corrected chi connectivity index (χ4v) is 0.954. The third-order valence-electron chi connectivity index (χ3n) is 1.56. The van der Waals surface area contributed by atoms with E-state index in [1.165, 1.54) is 0 Å². The van der Waals surface area contributed by atoms with Crippen molar-refractivity contribution in [1.29, 1.82) is 0 Å². The molecule has 0 aromatic rings. The van der Waals surface area contributed by atoms with Crippen LogP contribution in [0.4, 0.5) is 0 Å². The van der Waals surface area contributed by atoms with Gasteiger partial charge in [0.2, 0.25) is 0 Å². The lowest BCUT2D eigenvalue weighted by Gasteiger charge is -1.95. The van der Waals surface area contributed by atoms with Crippen LogP contribution >= 0.6 is 0 Å². The Balaban J connectivity index is 3.10. The van der Waals surface area contributed by atoms with E-state index >= 15 is 0 Å². The molecule has 0 N–H and O–H groups in total. The van der Waals surface area contributed by atoms with Crippen LogP contribution in [-0.4, -0.2) is 12.1 Å². The molecule has 0 saturated carbocycles. The van der Waals surface area contributed by atoms with Gasteiger partial charge in [-0.05, 0) is 19.3 Å². The van der Waals surface area contributed by atoms with E-state index in [4.69, 9.17) is 0 Å². The molecule has 0 radical (unpaired) electrons. The monoisotopic (exact) mass is 156 g/mol. The Morgan fingerprint density at radius 1 is 1.27 bits per heavy atom. The Morgan fingerprint density at radius 3 is 2.55 bits per heavy atom. The zero-order valence-electron chi connectivity index (χ0n) is 7.14. The lowest BCUT2D eigenvalue weighted by Crippen LogP contribution is -1.96. The number of hydrogen-bond acceptors (Lipinski definition) is 2. The van der Waals surface area contributed by atoms with E-state index in [1.54, 1.807) is 0 Å². The maximum Gasteiger partial charge on any atom is 0.132 e. The average molecular weight is 156 g/mol. The van der Waals surface area contributed by atoms with Crippen LogP contribution in [-0.2, 0) is 9.59 Å². The van der Waals surface area contributed by atoms with E-state index in [2.05, 4.69) is 0 Å². The standard InChI is InChI=1S/C9H16O2/c1-2-6-9(11)7-4-3-5-8-10/h8H,2-7H2,1H3. The number of ketones is 1. The molecule has 0 atom stereocenters. The third-order valence-corrected chi connectivity index (χ3v) is 1.56. The van der Waals surface area contributed by atoms with Crippen molar-refractivity contribution in [2.75, 3.05) is 0 Å². The van der Waals surface area contributed by atoms with Gasteiger partial charge in [-0.3, -0.25) is 4.79 Å². The molecule has 0 spiro atoms. The Bertz CT molecular complexity index is 119. The van der Waals surface area contributed by atoms with Crippen molar-refractivity contribution in [1.82, 2.24) is 0 Å². The molecule has 2 nitrogen and oxygen atoms in total. The number of hydrogen-bond donors (Lipinski definition) is 0. The lowest BCUT2D eigenvalue weighted by atomic mass is 10.1. The highest BCUT2D eigenvalue weighted by Crippen LogP contribution is 2.02. The van der Waals surface area contributed by atoms with Crippen LogP contribution in [0.2, 0.25) is 0 Å². The number of Topliss-reactive ketones (excluding diaryl/α,β-unsaturated/α-hetero) is 1. The van der Waals surface area contributed by atoms with Crippen LogP contribution in [0.25, 0.3) is 0 Å². The second-order valence-electron chi connectivity index (χ2n) is 2.70. The maximum atomic E-state index is 10.9. The highest BCUT2D eigenvalue weighted by atomic mass is 16.1. The average Bonchev–Trinajstić information content (AvgIpc) is 1.99. The first-order valence-corrected chi connectivity index (χ1v) is 4.26. The van der Waals surface area contributed by atoms with Crippen molar-refractivity contribution >= 4 is 12.1 Å². The summed E-state index contributed by atoms with van der Waals surface area (Å²) in [4.78, 5) is 20.8. The van der Waals surface area contributed by atoms with Gasteiger partial charge < -0.3 is 4.79 Å². The molecule has 64 valence electrons. The van der Waals surface area contributed by atoms with E-state index in [9.17, 15) is 9.59 Å². The van der Waals surface area contributed by atoms with Gasteiger partial charge in [-0.1, -0.05) is 6.92 Å². The van der Waals surface area contributed by atoms with Crippen molar-refractivity contribution in [3.8, 4) is 0 Å². The normalized spacial score (nSPS) is 9.55. The number of aldehydes is 1. The first-order chi connectivity index (χ1) is 5.31. The Morgan fingerprint density at radius 2 is 2.00 bits per heavy atom. The van der Waals surface area contributed by atoms with Gasteiger partial charge in [-0.15, -0.1) is 0 Å². The quantitative estimate of drug-likeness (QED) is 0.418. The van der Waals surface area contributed by atoms with Gasteiger partial charge >= 0.3 is 0 Å². The number of carbonyl (C=O) groups is 2. The van der Waals surface area contributed by atoms with Crippen LogP contribution in [0.1, 0.15) is 45.4 Å². The van der Waals surface area contributed by atoms with Gasteiger partial charge in [0.15, 0.2) is 0 Å². The van der Waals surface area contributed by atoms with E-state index in [1.807, 2.05) is 6.92 Å². The van der Waals surface area contributed by atoms with Crippen molar-refractivity contribution in [3.05, 3.63) is 0 Å². The molecule has 0 amide bonds. The molecule has 0 bridgehead atoms. The molecule has 0 aromatic heterocycles. The maximum absolute atomic E-state index is 10.9. The fourth-order valence-electron chi connectivity index (χ4n) is 0.954. The first kappa shape index (κ1) is 10.3. The van der Waals surface area contributed by atoms with Gasteiger partial charge in [0.1, 0.15) is 12.1 Å². The Hall–Kier alpha value is -0.660. The number of carbonyl (C=O) groups excluding carboxylic acids is 2. The molecule has 0 saturated heterocycles. The Labute approximate surface area is 68.0 Å². The highest BCUT2D eigenvalue weighted by Gasteiger charge is 1.98. The lowest BCUT2D eigenvalue weighted by molar-refractivity contribution is -0.119. The summed E-state index contributed by atoms with van der Waals surface area (Å²) in [5.41, 5.74) is 0. The minimum absolute atomic E-state index is 0.332. The molecular formula is C9H16O2. The van der Waals surface area contributed by atoms with Gasteiger partial charge in [0.05, 0.1) is 0 Å². The van der Waals surface area contributed by atoms with Crippen LogP contribution in [0, 0.1) is 0 Å². The minimum atomic E-state index is 0.332. The van der Waals surface area contributed by atoms with Crippen molar-refractivity contribution in [2.45, 2.75) is 45.4 Å². The van der Waals surface area contributed by atoms with E-state index in [0.29, 0.717) is 25.0 Å². The van der Waals surface area contributed by atoms with Gasteiger partial charge in [-0.25, -0.2) is 0 Å². The summed E-state index contributed by atoms with van der Waals surface area (Å²) < 4.78 is 0. The smallest absolute Gasteiger partial charge is 0.132 e. The minimum Gasteiger partial charge on any atom is -0.303 e. The largest absolute Gasteiger partial charge is 0.303 e. The summed E-state index contributed by atoms with van der Waals surface area (Å²) in [6, 6.07) is 0. The summed E-state index contributed by atoms with van der Waals surface area (Å²) in [6.07, 6.45) is 5.52. The number of rotatable bonds is 7. The fraction of sp³-hybridized carbons (Fsp3) is 0.778. The second-order valence-corrected chi connectivity index (χ2v) is 2.70. The third kappa shape index (κ3) is 7.23. The Kier molecular flexibility index (Phi) is 7.00. The van der Waals surface area contributed by atoms with Crippen LogP contribution < -0.4 is 0 Å². The predicted octanol–water partition coefficient (Wildman–Crippen LogP) is 2.11. The zero-order chi connectivity index (χ0) is 8.53. The highest BCUT2D eigenvalue weighted by molar-refractivity contribution is 5.78. The zero-order valence-corrected chi connectivity index (χ0v) is 7.14. The molecular weight excluding hydrogens is 140 g/mol. The molecule has 0 unspecified atom stereocenters. The first-order valence-electron chi connectivity index (χ1n) is 4.26. The van der Waals surface area contributed by atoms with Gasteiger partial charge in [0.25, 0.3) is 0 Å². The predicted molar refractivity (Wildman–Crippen MR) is 44.4 cm³/mol. The van der Waals surface area contributed by atoms with Crippen molar-refractivity contribution < 1.29 is 9.59 Å². The molecule has 0 rings (SSSR count). The van der Waals surface area contributed by atoms with Gasteiger partial charge in [-0.2, -0.15) is 0 Å².